The van der Waals surface area contributed by atoms with Crippen LogP contribution in [0.5, 0.6) is 0 Å². The molecule has 0 aromatic heterocycles. The summed E-state index contributed by atoms with van der Waals surface area (Å²) in [4.78, 5) is 5.47. The average Bonchev–Trinajstić information content (AvgIpc) is 2.62. The molecule has 0 radical (unpaired) electrons. The summed E-state index contributed by atoms with van der Waals surface area (Å²) in [7, 11) is 9.42. The minimum Gasteiger partial charge on any atom is -0.385 e. The summed E-state index contributed by atoms with van der Waals surface area (Å²) in [6.45, 7) is 44.6. The molecule has 0 saturated heterocycles. The predicted octanol–water partition coefficient (Wildman–Crippen LogP) is 9.36. The molecule has 0 amide bonds. The Kier molecular flexibility index (Phi) is 28.6. The molecule has 1 unspecified atom stereocenters. The lowest BCUT2D eigenvalue weighted by Gasteiger charge is -2.25. The Labute approximate surface area is 242 Å². The molecule has 0 N–H and O–H groups in total. The molecule has 0 aliphatic heterocycles. The Hall–Kier alpha value is -0.670. The highest BCUT2D eigenvalue weighted by Gasteiger charge is 2.18. The summed E-state index contributed by atoms with van der Waals surface area (Å²) >= 11 is 0. The lowest BCUT2D eigenvalue weighted by molar-refractivity contribution is 0.0314. The van der Waals surface area contributed by atoms with E-state index in [0.717, 1.165) is 26.2 Å². The molecule has 5 nitrogen and oxygen atoms in total. The van der Waals surface area contributed by atoms with Gasteiger partial charge in [0.25, 0.3) is 0 Å². The van der Waals surface area contributed by atoms with Crippen LogP contribution in [-0.4, -0.2) is 72.7 Å². The zero-order valence-electron chi connectivity index (χ0n) is 30.2. The van der Waals surface area contributed by atoms with Crippen LogP contribution in [-0.2, 0) is 14.2 Å². The fourth-order valence-electron chi connectivity index (χ4n) is 2.38. The standard InChI is InChI=1S/C7H17N.2C7H16O.C6H11N.C6H14O/c1-7(2,3)6-8(4)5;1-7(2,3)5-6-8-4;1-6(8-5)7(2,3)4;2*1-6(2,3)5-7-4/h6H2,1-5H3;5-6H2,1-4H3;6H,1-5H3;5H2,1-3H3;5H2,1-4H3. The molecule has 0 rings (SSSR count). The molecule has 0 bridgehead atoms. The fraction of sp³-hybridized carbons (Fsp3) is 0.970. The quantitative estimate of drug-likeness (QED) is 0.322. The van der Waals surface area contributed by atoms with E-state index in [1.165, 1.54) is 0 Å². The number of hydrogen-bond donors (Lipinski definition) is 0. The second-order valence-electron chi connectivity index (χ2n) is 16.2. The minimum absolute atomic E-state index is 0.196. The van der Waals surface area contributed by atoms with Gasteiger partial charge in [0.1, 0.15) is 0 Å². The summed E-state index contributed by atoms with van der Waals surface area (Å²) in [5, 5.41) is 0. The summed E-state index contributed by atoms with van der Waals surface area (Å²) in [5.41, 5.74) is 1.69. The second-order valence-corrected chi connectivity index (χ2v) is 16.2. The molecule has 0 saturated carbocycles. The van der Waals surface area contributed by atoms with E-state index in [4.69, 9.17) is 20.8 Å². The third-order valence-corrected chi connectivity index (χ3v) is 4.55. The maximum Gasteiger partial charge on any atom is 0.219 e. The van der Waals surface area contributed by atoms with Gasteiger partial charge in [0.15, 0.2) is 0 Å². The van der Waals surface area contributed by atoms with E-state index in [0.29, 0.717) is 28.9 Å². The molecule has 0 aromatic carbocycles. The summed E-state index contributed by atoms with van der Waals surface area (Å²) < 4.78 is 14.9. The molecule has 38 heavy (non-hydrogen) atoms. The third kappa shape index (κ3) is 64.9. The van der Waals surface area contributed by atoms with Crippen molar-refractivity contribution in [2.45, 2.75) is 123 Å². The van der Waals surface area contributed by atoms with E-state index in [-0.39, 0.29) is 10.8 Å². The molecule has 1 atom stereocenters. The summed E-state index contributed by atoms with van der Waals surface area (Å²) in [6.07, 6.45) is 1.49. The third-order valence-electron chi connectivity index (χ3n) is 4.55. The van der Waals surface area contributed by atoms with E-state index >= 15 is 0 Å². The van der Waals surface area contributed by atoms with Crippen molar-refractivity contribution in [2.24, 2.45) is 27.1 Å². The highest BCUT2D eigenvalue weighted by Crippen LogP contribution is 2.20. The van der Waals surface area contributed by atoms with Gasteiger partial charge in [-0.3, -0.25) is 0 Å². The largest absolute Gasteiger partial charge is 0.385 e. The van der Waals surface area contributed by atoms with Gasteiger partial charge in [0, 0.05) is 39.9 Å². The van der Waals surface area contributed by atoms with Gasteiger partial charge in [-0.1, -0.05) is 104 Å². The summed E-state index contributed by atoms with van der Waals surface area (Å²) in [6, 6.07) is 0. The van der Waals surface area contributed by atoms with Gasteiger partial charge < -0.3 is 24.0 Å². The SMILES string of the molecule is CN(C)CC(C)(C)C.COC(C)C(C)(C)C.COCC(C)(C)C.COCCC(C)(C)C.[C-]#[N+]CC(C)(C)C. The van der Waals surface area contributed by atoms with Crippen molar-refractivity contribution in [3.8, 4) is 0 Å². The zero-order chi connectivity index (χ0) is 32.0. The maximum atomic E-state index is 6.48. The van der Waals surface area contributed by atoms with Gasteiger partial charge in [-0.15, -0.1) is 0 Å². The highest BCUT2D eigenvalue weighted by molar-refractivity contribution is 4.72. The fourth-order valence-corrected chi connectivity index (χ4v) is 2.38. The topological polar surface area (TPSA) is 35.3 Å². The zero-order valence-corrected chi connectivity index (χ0v) is 30.2. The monoisotopic (exact) mass is 547 g/mol. The smallest absolute Gasteiger partial charge is 0.219 e. The number of hydrogen-bond acceptors (Lipinski definition) is 4. The van der Waals surface area contributed by atoms with Gasteiger partial charge in [-0.05, 0) is 49.1 Å². The normalized spacial score (nSPS) is 12.8. The molecule has 5 heteroatoms. The van der Waals surface area contributed by atoms with Crippen LogP contribution in [0.15, 0.2) is 0 Å². The predicted molar refractivity (Wildman–Crippen MR) is 172 cm³/mol. The van der Waals surface area contributed by atoms with Crippen LogP contribution in [0.3, 0.4) is 0 Å². The maximum absolute atomic E-state index is 6.48. The van der Waals surface area contributed by atoms with Gasteiger partial charge in [0.05, 0.1) is 12.7 Å². The van der Waals surface area contributed by atoms with Crippen molar-refractivity contribution in [2.75, 3.05) is 61.7 Å². The lowest BCUT2D eigenvalue weighted by Crippen LogP contribution is -2.25. The van der Waals surface area contributed by atoms with Crippen LogP contribution >= 0.6 is 0 Å². The van der Waals surface area contributed by atoms with Crippen molar-refractivity contribution < 1.29 is 14.2 Å². The van der Waals surface area contributed by atoms with Crippen LogP contribution in [0.2, 0.25) is 0 Å². The molecular formula is C33H74N2O3. The first-order chi connectivity index (χ1) is 16.6. The Bertz CT molecular complexity index is 532. The Balaban J connectivity index is -0.000000120. The van der Waals surface area contributed by atoms with Gasteiger partial charge >= 0.3 is 0 Å². The van der Waals surface area contributed by atoms with E-state index < -0.39 is 0 Å². The van der Waals surface area contributed by atoms with Gasteiger partial charge in [-0.2, -0.15) is 0 Å². The molecule has 0 aromatic rings. The van der Waals surface area contributed by atoms with Crippen LogP contribution in [0.25, 0.3) is 4.85 Å². The Morgan fingerprint density at radius 3 is 1.11 bits per heavy atom. The number of methoxy groups -OCH3 is 3. The summed E-state index contributed by atoms with van der Waals surface area (Å²) in [5.74, 6) is 0. The lowest BCUT2D eigenvalue weighted by atomic mass is 9.90. The van der Waals surface area contributed by atoms with Gasteiger partial charge in [-0.25, -0.2) is 6.57 Å². The van der Waals surface area contributed by atoms with Crippen molar-refractivity contribution in [1.82, 2.24) is 4.90 Å². The molecule has 0 heterocycles. The van der Waals surface area contributed by atoms with Crippen LogP contribution in [0, 0.1) is 33.6 Å². The van der Waals surface area contributed by atoms with Crippen LogP contribution < -0.4 is 0 Å². The first-order valence-corrected chi connectivity index (χ1v) is 14.1. The number of rotatable bonds is 5. The van der Waals surface area contributed by atoms with Crippen LogP contribution in [0.4, 0.5) is 0 Å². The molecular weight excluding hydrogens is 472 g/mol. The Morgan fingerprint density at radius 1 is 0.658 bits per heavy atom. The van der Waals surface area contributed by atoms with E-state index in [1.807, 2.05) is 0 Å². The average molecular weight is 547 g/mol. The van der Waals surface area contributed by atoms with Crippen molar-refractivity contribution in [3.63, 3.8) is 0 Å². The second kappa shape index (κ2) is 23.1. The van der Waals surface area contributed by atoms with E-state index in [9.17, 15) is 0 Å². The first-order valence-electron chi connectivity index (χ1n) is 14.1. The molecule has 0 spiro atoms. The van der Waals surface area contributed by atoms with Crippen molar-refractivity contribution >= 4 is 0 Å². The number of ether oxygens (including phenoxy) is 3. The van der Waals surface area contributed by atoms with E-state index in [1.54, 1.807) is 21.3 Å². The molecule has 234 valence electrons. The van der Waals surface area contributed by atoms with Gasteiger partial charge in [0.2, 0.25) is 6.54 Å². The van der Waals surface area contributed by atoms with Crippen LogP contribution in [0.1, 0.15) is 117 Å². The van der Waals surface area contributed by atoms with Crippen molar-refractivity contribution in [3.05, 3.63) is 11.4 Å². The van der Waals surface area contributed by atoms with E-state index in [2.05, 4.69) is 135 Å². The number of nitrogens with zero attached hydrogens (tertiary/aromatic N) is 2. The van der Waals surface area contributed by atoms with Crippen molar-refractivity contribution in [1.29, 1.82) is 0 Å². The molecule has 0 fully saturated rings. The Morgan fingerprint density at radius 2 is 1.08 bits per heavy atom. The molecule has 0 aliphatic carbocycles. The molecule has 0 aliphatic rings. The minimum atomic E-state index is 0.196. The first kappa shape index (κ1) is 47.1. The highest BCUT2D eigenvalue weighted by atomic mass is 16.5.